The molecule has 2 aromatic rings. The van der Waals surface area contributed by atoms with Gasteiger partial charge >= 0.3 is 5.97 Å². The second-order valence-corrected chi connectivity index (χ2v) is 5.92. The highest BCUT2D eigenvalue weighted by molar-refractivity contribution is 6.02. The molecule has 0 saturated carbocycles. The molecule has 128 valence electrons. The molecular formula is C19H17NO5. The third kappa shape index (κ3) is 3.85. The van der Waals surface area contributed by atoms with Crippen LogP contribution in [0.2, 0.25) is 0 Å². The predicted molar refractivity (Wildman–Crippen MR) is 91.1 cm³/mol. The van der Waals surface area contributed by atoms with Gasteiger partial charge in [-0.15, -0.1) is 0 Å². The molecule has 0 atom stereocenters. The summed E-state index contributed by atoms with van der Waals surface area (Å²) in [7, 11) is 0. The summed E-state index contributed by atoms with van der Waals surface area (Å²) >= 11 is 0. The lowest BCUT2D eigenvalue weighted by Crippen LogP contribution is -2.25. The highest BCUT2D eigenvalue weighted by Crippen LogP contribution is 2.28. The predicted octanol–water partition coefficient (Wildman–Crippen LogP) is 2.67. The van der Waals surface area contributed by atoms with E-state index in [0.29, 0.717) is 22.6 Å². The van der Waals surface area contributed by atoms with Crippen molar-refractivity contribution in [1.29, 1.82) is 0 Å². The van der Waals surface area contributed by atoms with E-state index in [0.717, 1.165) is 11.1 Å². The van der Waals surface area contributed by atoms with Crippen molar-refractivity contribution in [2.45, 2.75) is 13.8 Å². The van der Waals surface area contributed by atoms with E-state index in [4.69, 9.17) is 9.47 Å². The zero-order valence-electron chi connectivity index (χ0n) is 13.9. The van der Waals surface area contributed by atoms with Crippen molar-refractivity contribution in [3.05, 3.63) is 58.7 Å². The van der Waals surface area contributed by atoms with Crippen LogP contribution in [-0.2, 0) is 9.53 Å². The molecule has 6 nitrogen and oxygen atoms in total. The molecule has 0 fully saturated rings. The first kappa shape index (κ1) is 16.7. The summed E-state index contributed by atoms with van der Waals surface area (Å²) in [5, 5.41) is 2.63. The Kier molecular flexibility index (Phi) is 4.52. The average molecular weight is 339 g/mol. The van der Waals surface area contributed by atoms with Gasteiger partial charge in [0.1, 0.15) is 5.75 Å². The molecule has 0 spiro atoms. The highest BCUT2D eigenvalue weighted by Gasteiger charge is 2.19. The van der Waals surface area contributed by atoms with Gasteiger partial charge in [0, 0.05) is 5.56 Å². The van der Waals surface area contributed by atoms with E-state index in [1.165, 1.54) is 6.07 Å². The van der Waals surface area contributed by atoms with Gasteiger partial charge in [0.2, 0.25) is 0 Å². The van der Waals surface area contributed by atoms with Crippen molar-refractivity contribution in [3.8, 4) is 5.75 Å². The second kappa shape index (κ2) is 6.76. The van der Waals surface area contributed by atoms with E-state index in [2.05, 4.69) is 5.32 Å². The summed E-state index contributed by atoms with van der Waals surface area (Å²) in [5.41, 5.74) is 3.07. The number of ketones is 1. The second-order valence-electron chi connectivity index (χ2n) is 5.92. The third-order valence-corrected chi connectivity index (χ3v) is 3.73. The van der Waals surface area contributed by atoms with Crippen molar-refractivity contribution < 1.29 is 23.9 Å². The number of nitrogens with one attached hydrogen (secondary N) is 1. The summed E-state index contributed by atoms with van der Waals surface area (Å²) in [5.74, 6) is -0.684. The van der Waals surface area contributed by atoms with E-state index < -0.39 is 5.97 Å². The van der Waals surface area contributed by atoms with Crippen LogP contribution in [0.25, 0.3) is 0 Å². The normalized spacial score (nSPS) is 12.6. The molecular weight excluding hydrogens is 322 g/mol. The van der Waals surface area contributed by atoms with Crippen LogP contribution in [0.1, 0.15) is 31.8 Å². The van der Waals surface area contributed by atoms with Crippen LogP contribution in [0.15, 0.2) is 36.4 Å². The Labute approximate surface area is 144 Å². The molecule has 0 aromatic heterocycles. The zero-order chi connectivity index (χ0) is 18.0. The first-order valence-corrected chi connectivity index (χ1v) is 7.78. The summed E-state index contributed by atoms with van der Waals surface area (Å²) in [6.45, 7) is 3.35. The number of amides is 1. The van der Waals surface area contributed by atoms with Gasteiger partial charge in [-0.2, -0.15) is 0 Å². The van der Waals surface area contributed by atoms with Crippen molar-refractivity contribution in [2.75, 3.05) is 18.5 Å². The van der Waals surface area contributed by atoms with Gasteiger partial charge < -0.3 is 14.8 Å². The van der Waals surface area contributed by atoms with Crippen molar-refractivity contribution in [2.24, 2.45) is 0 Å². The van der Waals surface area contributed by atoms with Crippen molar-refractivity contribution >= 4 is 23.3 Å². The van der Waals surface area contributed by atoms with E-state index in [1.807, 2.05) is 19.9 Å². The molecule has 25 heavy (non-hydrogen) atoms. The monoisotopic (exact) mass is 339 g/mol. The Morgan fingerprint density at radius 3 is 2.52 bits per heavy atom. The number of Topliss-reactive ketones (excluding diaryl/α,β-unsaturated/α-hetero) is 1. The van der Waals surface area contributed by atoms with Gasteiger partial charge in [0.15, 0.2) is 19.0 Å². The maximum absolute atomic E-state index is 12.3. The number of carbonyl (C=O) groups excluding carboxylic acids is 3. The lowest BCUT2D eigenvalue weighted by Gasteiger charge is -2.18. The van der Waals surface area contributed by atoms with E-state index in [9.17, 15) is 14.4 Å². The lowest BCUT2D eigenvalue weighted by atomic mass is 10.1. The third-order valence-electron chi connectivity index (χ3n) is 3.73. The Balaban J connectivity index is 1.67. The molecule has 1 N–H and O–H groups in total. The van der Waals surface area contributed by atoms with Crippen LogP contribution in [0.4, 0.5) is 5.69 Å². The molecule has 0 bridgehead atoms. The standard InChI is InChI=1S/C19H17NO5/c1-11-5-12(2)7-14(6-11)19(23)25-9-16(21)13-3-4-17-15(8-13)20-18(22)10-24-17/h3-8H,9-10H2,1-2H3,(H,20,22). The summed E-state index contributed by atoms with van der Waals surface area (Å²) in [6.07, 6.45) is 0. The maximum Gasteiger partial charge on any atom is 0.338 e. The van der Waals surface area contributed by atoms with Crippen LogP contribution < -0.4 is 10.1 Å². The van der Waals surface area contributed by atoms with Crippen LogP contribution in [0, 0.1) is 13.8 Å². The van der Waals surface area contributed by atoms with Crippen LogP contribution in [0.5, 0.6) is 5.75 Å². The molecule has 1 heterocycles. The van der Waals surface area contributed by atoms with Crippen LogP contribution >= 0.6 is 0 Å². The van der Waals surface area contributed by atoms with E-state index in [1.54, 1.807) is 24.3 Å². The molecule has 3 rings (SSSR count). The summed E-state index contributed by atoms with van der Waals surface area (Å²) in [6, 6.07) is 10.1. The van der Waals surface area contributed by atoms with E-state index >= 15 is 0 Å². The Morgan fingerprint density at radius 1 is 1.08 bits per heavy atom. The minimum atomic E-state index is -0.547. The molecule has 1 aliphatic heterocycles. The van der Waals surface area contributed by atoms with Crippen molar-refractivity contribution in [3.63, 3.8) is 0 Å². The number of hydrogen-bond acceptors (Lipinski definition) is 5. The highest BCUT2D eigenvalue weighted by atomic mass is 16.5. The average Bonchev–Trinajstić information content (AvgIpc) is 2.57. The van der Waals surface area contributed by atoms with E-state index in [-0.39, 0.29) is 24.9 Å². The SMILES string of the molecule is Cc1cc(C)cc(C(=O)OCC(=O)c2ccc3c(c2)NC(=O)CO3)c1. The number of ether oxygens (including phenoxy) is 2. The van der Waals surface area contributed by atoms with Gasteiger partial charge in [-0.1, -0.05) is 17.2 Å². The fraction of sp³-hybridized carbons (Fsp3) is 0.211. The van der Waals surface area contributed by atoms with Crippen LogP contribution in [-0.4, -0.2) is 30.9 Å². The molecule has 1 amide bonds. The zero-order valence-corrected chi connectivity index (χ0v) is 13.9. The minimum Gasteiger partial charge on any atom is -0.482 e. The lowest BCUT2D eigenvalue weighted by molar-refractivity contribution is -0.118. The molecule has 0 radical (unpaired) electrons. The molecule has 6 heteroatoms. The number of rotatable bonds is 4. The molecule has 0 aliphatic carbocycles. The molecule has 0 unspecified atom stereocenters. The topological polar surface area (TPSA) is 81.7 Å². The smallest absolute Gasteiger partial charge is 0.338 e. The number of fused-ring (bicyclic) bond motifs is 1. The van der Waals surface area contributed by atoms with Crippen molar-refractivity contribution in [1.82, 2.24) is 0 Å². The van der Waals surface area contributed by atoms with Gasteiger partial charge in [0.25, 0.3) is 5.91 Å². The minimum absolute atomic E-state index is 0.0478. The summed E-state index contributed by atoms with van der Waals surface area (Å²) < 4.78 is 10.4. The summed E-state index contributed by atoms with van der Waals surface area (Å²) in [4.78, 5) is 35.7. The number of hydrogen-bond donors (Lipinski definition) is 1. The van der Waals surface area contributed by atoms with Gasteiger partial charge in [0.05, 0.1) is 11.3 Å². The first-order chi connectivity index (χ1) is 11.9. The number of esters is 1. The Morgan fingerprint density at radius 2 is 1.80 bits per heavy atom. The quantitative estimate of drug-likeness (QED) is 0.684. The molecule has 1 aliphatic rings. The fourth-order valence-electron chi connectivity index (χ4n) is 2.65. The maximum atomic E-state index is 12.3. The van der Waals surface area contributed by atoms with Crippen LogP contribution in [0.3, 0.4) is 0 Å². The first-order valence-electron chi connectivity index (χ1n) is 7.78. The number of anilines is 1. The van der Waals surface area contributed by atoms with Gasteiger partial charge in [-0.05, 0) is 44.2 Å². The fourth-order valence-corrected chi connectivity index (χ4v) is 2.65. The van der Waals surface area contributed by atoms with Gasteiger partial charge in [-0.3, -0.25) is 9.59 Å². The Bertz CT molecular complexity index is 852. The number of aryl methyl sites for hydroxylation is 2. The largest absolute Gasteiger partial charge is 0.482 e. The number of benzene rings is 2. The molecule has 2 aromatic carbocycles. The Hall–Kier alpha value is -3.15. The number of carbonyl (C=O) groups is 3. The van der Waals surface area contributed by atoms with Gasteiger partial charge in [-0.25, -0.2) is 4.79 Å². The molecule has 0 saturated heterocycles.